The van der Waals surface area contributed by atoms with E-state index in [0.717, 1.165) is 5.56 Å². The zero-order valence-corrected chi connectivity index (χ0v) is 14.4. The van der Waals surface area contributed by atoms with Gasteiger partial charge in [0.2, 0.25) is 0 Å². The van der Waals surface area contributed by atoms with Gasteiger partial charge in [-0.15, -0.1) is 10.2 Å². The van der Waals surface area contributed by atoms with E-state index in [-0.39, 0.29) is 17.9 Å². The van der Waals surface area contributed by atoms with Crippen LogP contribution in [0.1, 0.15) is 11.3 Å². The van der Waals surface area contributed by atoms with Gasteiger partial charge in [0.15, 0.2) is 5.82 Å². The molecule has 1 N–H and O–H groups in total. The van der Waals surface area contributed by atoms with Gasteiger partial charge in [0.1, 0.15) is 17.1 Å². The molecule has 7 nitrogen and oxygen atoms in total. The van der Waals surface area contributed by atoms with Crippen molar-refractivity contribution >= 4 is 34.7 Å². The van der Waals surface area contributed by atoms with Crippen LogP contribution in [0.3, 0.4) is 0 Å². The van der Waals surface area contributed by atoms with Gasteiger partial charge in [0.25, 0.3) is 0 Å². The number of carbonyl (C=O) groups is 1. The fraction of sp³-hybridized carbons (Fsp3) is 0.176. The number of fused-ring (bicyclic) bond motifs is 1. The van der Waals surface area contributed by atoms with Gasteiger partial charge >= 0.3 is 5.97 Å². The summed E-state index contributed by atoms with van der Waals surface area (Å²) in [7, 11) is 1.31. The molecule has 0 bridgehead atoms. The number of esters is 1. The number of aryl methyl sites for hydroxylation is 1. The van der Waals surface area contributed by atoms with Gasteiger partial charge in [-0.05, 0) is 36.8 Å². The topological polar surface area (TPSA) is 88.5 Å². The summed E-state index contributed by atoms with van der Waals surface area (Å²) in [6.07, 6.45) is 1.75. The Morgan fingerprint density at radius 2 is 2.16 bits per heavy atom. The Bertz CT molecular complexity index is 981. The number of ether oxygens (including phenoxy) is 1. The number of nitrogens with zero attached hydrogens (tertiary/aromatic N) is 4. The Labute approximate surface area is 148 Å². The summed E-state index contributed by atoms with van der Waals surface area (Å²) in [6, 6.07) is 8.24. The molecule has 0 radical (unpaired) electrons. The third kappa shape index (κ3) is 3.46. The fourth-order valence-corrected chi connectivity index (χ4v) is 2.52. The molecule has 0 unspecified atom stereocenters. The summed E-state index contributed by atoms with van der Waals surface area (Å²) >= 11 is 5.92. The highest BCUT2D eigenvalue weighted by atomic mass is 35.5. The van der Waals surface area contributed by atoms with Crippen molar-refractivity contribution in [1.29, 1.82) is 0 Å². The number of pyridine rings is 1. The van der Waals surface area contributed by atoms with Crippen LogP contribution in [-0.4, -0.2) is 27.6 Å². The summed E-state index contributed by atoms with van der Waals surface area (Å²) in [5, 5.41) is 18.5. The largest absolute Gasteiger partial charge is 0.506 e. The molecule has 0 aliphatic rings. The van der Waals surface area contributed by atoms with E-state index in [4.69, 9.17) is 16.3 Å². The molecule has 2 heterocycles. The number of methoxy groups -OCH3 is 1. The molecular weight excluding hydrogens is 344 g/mol. The van der Waals surface area contributed by atoms with Crippen LogP contribution < -0.4 is 0 Å². The van der Waals surface area contributed by atoms with Crippen LogP contribution in [-0.2, 0) is 16.0 Å². The van der Waals surface area contributed by atoms with E-state index < -0.39 is 5.97 Å². The second-order valence-corrected chi connectivity index (χ2v) is 5.79. The van der Waals surface area contributed by atoms with Crippen LogP contribution in [0.4, 0.5) is 11.5 Å². The van der Waals surface area contributed by atoms with E-state index in [9.17, 15) is 9.90 Å². The smallest absolute Gasteiger partial charge is 0.311 e. The normalized spacial score (nSPS) is 11.3. The van der Waals surface area contributed by atoms with Gasteiger partial charge in [0.05, 0.1) is 19.2 Å². The molecule has 25 heavy (non-hydrogen) atoms. The molecule has 0 saturated carbocycles. The number of rotatable bonds is 4. The monoisotopic (exact) mass is 358 g/mol. The molecule has 0 saturated heterocycles. The first kappa shape index (κ1) is 16.9. The second kappa shape index (κ2) is 6.90. The van der Waals surface area contributed by atoms with Crippen molar-refractivity contribution in [2.75, 3.05) is 7.11 Å². The summed E-state index contributed by atoms with van der Waals surface area (Å²) in [5.74, 6) is -0.0840. The fourth-order valence-electron chi connectivity index (χ4n) is 2.35. The maximum Gasteiger partial charge on any atom is 0.311 e. The highest BCUT2D eigenvalue weighted by Gasteiger charge is 2.17. The number of carbonyl (C=O) groups excluding carboxylic acids is 1. The maximum absolute atomic E-state index is 11.7. The standard InChI is InChI=1S/C17H15ClN4O3/c1-10-4-3-7-22-16(10)19-13(9-15(24)25-2)17(22)21-20-12-8-11(18)5-6-14(12)23/h3-8,23H,9H2,1-2H3. The highest BCUT2D eigenvalue weighted by molar-refractivity contribution is 6.30. The number of imidazole rings is 1. The van der Waals surface area contributed by atoms with Crippen molar-refractivity contribution in [3.8, 4) is 5.75 Å². The van der Waals surface area contributed by atoms with Crippen molar-refractivity contribution in [2.45, 2.75) is 13.3 Å². The van der Waals surface area contributed by atoms with Crippen molar-refractivity contribution in [3.05, 3.63) is 52.8 Å². The van der Waals surface area contributed by atoms with Gasteiger partial charge in [0, 0.05) is 11.2 Å². The second-order valence-electron chi connectivity index (χ2n) is 5.35. The number of aromatic nitrogens is 2. The zero-order chi connectivity index (χ0) is 18.0. The molecule has 128 valence electrons. The van der Waals surface area contributed by atoms with Gasteiger partial charge in [-0.1, -0.05) is 17.7 Å². The lowest BCUT2D eigenvalue weighted by Crippen LogP contribution is -2.04. The molecule has 0 atom stereocenters. The van der Waals surface area contributed by atoms with Gasteiger partial charge < -0.3 is 9.84 Å². The number of aromatic hydroxyl groups is 1. The first-order valence-electron chi connectivity index (χ1n) is 7.43. The van der Waals surface area contributed by atoms with E-state index in [1.807, 2.05) is 19.1 Å². The molecule has 1 aromatic carbocycles. The zero-order valence-electron chi connectivity index (χ0n) is 13.6. The van der Waals surface area contributed by atoms with Crippen molar-refractivity contribution in [2.24, 2.45) is 10.2 Å². The summed E-state index contributed by atoms with van der Waals surface area (Å²) < 4.78 is 6.45. The molecule has 0 spiro atoms. The summed E-state index contributed by atoms with van der Waals surface area (Å²) in [5.41, 5.74) is 2.26. The minimum absolute atomic E-state index is 0.0342. The number of hydrogen-bond donors (Lipinski definition) is 1. The van der Waals surface area contributed by atoms with Gasteiger partial charge in [-0.25, -0.2) is 4.98 Å². The lowest BCUT2D eigenvalue weighted by Gasteiger charge is -2.01. The number of phenolic OH excluding ortho intramolecular Hbond substituents is 1. The number of phenols is 1. The van der Waals surface area contributed by atoms with E-state index in [2.05, 4.69) is 15.2 Å². The third-order valence-corrected chi connectivity index (χ3v) is 3.85. The number of halogens is 1. The van der Waals surface area contributed by atoms with E-state index in [1.54, 1.807) is 16.7 Å². The van der Waals surface area contributed by atoms with Crippen LogP contribution in [0.25, 0.3) is 5.65 Å². The van der Waals surface area contributed by atoms with Gasteiger partial charge in [-0.2, -0.15) is 0 Å². The van der Waals surface area contributed by atoms with Crippen molar-refractivity contribution in [1.82, 2.24) is 9.38 Å². The minimum atomic E-state index is -0.428. The summed E-state index contributed by atoms with van der Waals surface area (Å²) in [4.78, 5) is 16.1. The van der Waals surface area contributed by atoms with Gasteiger partial charge in [-0.3, -0.25) is 9.20 Å². The highest BCUT2D eigenvalue weighted by Crippen LogP contribution is 2.32. The van der Waals surface area contributed by atoms with Crippen molar-refractivity contribution in [3.63, 3.8) is 0 Å². The first-order valence-corrected chi connectivity index (χ1v) is 7.81. The Balaban J connectivity index is 2.11. The molecule has 0 aliphatic heterocycles. The van der Waals surface area contributed by atoms with Crippen LogP contribution in [0.2, 0.25) is 5.02 Å². The lowest BCUT2D eigenvalue weighted by molar-refractivity contribution is -0.139. The SMILES string of the molecule is COC(=O)Cc1nc2c(C)cccn2c1N=Nc1cc(Cl)ccc1O. The molecule has 8 heteroatoms. The number of hydrogen-bond acceptors (Lipinski definition) is 6. The quantitative estimate of drug-likeness (QED) is 0.561. The number of benzene rings is 1. The molecule has 0 amide bonds. The first-order chi connectivity index (χ1) is 12.0. The average molecular weight is 359 g/mol. The Morgan fingerprint density at radius 3 is 2.92 bits per heavy atom. The number of azo groups is 1. The Hall–Kier alpha value is -2.93. The van der Waals surface area contributed by atoms with E-state index in [0.29, 0.717) is 22.2 Å². The summed E-state index contributed by atoms with van der Waals surface area (Å²) in [6.45, 7) is 1.91. The molecule has 3 aromatic rings. The predicted octanol–water partition coefficient (Wildman–Crippen LogP) is 4.13. The average Bonchev–Trinajstić information content (AvgIpc) is 2.94. The Kier molecular flexibility index (Phi) is 4.67. The van der Waals surface area contributed by atoms with Crippen molar-refractivity contribution < 1.29 is 14.6 Å². The van der Waals surface area contributed by atoms with Crippen LogP contribution >= 0.6 is 11.6 Å². The third-order valence-electron chi connectivity index (χ3n) is 3.62. The molecular formula is C17H15ClN4O3. The molecule has 0 aliphatic carbocycles. The van der Waals surface area contributed by atoms with Crippen LogP contribution in [0.15, 0.2) is 46.8 Å². The Morgan fingerprint density at radius 1 is 1.36 bits per heavy atom. The maximum atomic E-state index is 11.7. The lowest BCUT2D eigenvalue weighted by atomic mass is 10.3. The minimum Gasteiger partial charge on any atom is -0.506 e. The van der Waals surface area contributed by atoms with E-state index >= 15 is 0 Å². The molecule has 2 aromatic heterocycles. The predicted molar refractivity (Wildman–Crippen MR) is 92.9 cm³/mol. The molecule has 0 fully saturated rings. The van der Waals surface area contributed by atoms with Crippen LogP contribution in [0.5, 0.6) is 5.75 Å². The van der Waals surface area contributed by atoms with Crippen LogP contribution in [0, 0.1) is 6.92 Å². The van der Waals surface area contributed by atoms with E-state index in [1.165, 1.54) is 19.2 Å². The molecule has 3 rings (SSSR count).